The maximum atomic E-state index is 14.1. The van der Waals surface area contributed by atoms with Crippen LogP contribution in [0.4, 0.5) is 25.3 Å². The molecular weight excluding hydrogens is 520 g/mol. The summed E-state index contributed by atoms with van der Waals surface area (Å²) in [6.07, 6.45) is 1.67. The van der Waals surface area contributed by atoms with Crippen molar-refractivity contribution < 1.29 is 23.0 Å². The van der Waals surface area contributed by atoms with E-state index in [-0.39, 0.29) is 24.1 Å². The van der Waals surface area contributed by atoms with Gasteiger partial charge in [-0.15, -0.1) is 0 Å². The van der Waals surface area contributed by atoms with Crippen molar-refractivity contribution in [2.24, 2.45) is 5.92 Å². The Bertz CT molecular complexity index is 1340. The van der Waals surface area contributed by atoms with Crippen LogP contribution >= 0.6 is 0 Å². The minimum atomic E-state index is -2.76. The van der Waals surface area contributed by atoms with Gasteiger partial charge in [0.15, 0.2) is 5.82 Å². The van der Waals surface area contributed by atoms with E-state index < -0.39 is 6.43 Å². The number of halogens is 2. The molecule has 1 saturated carbocycles. The average molecular weight is 556 g/mol. The minimum Gasteiger partial charge on any atom is -0.444 e. The van der Waals surface area contributed by atoms with Crippen molar-refractivity contribution in [3.8, 4) is 5.82 Å². The molecule has 10 nitrogen and oxygen atoms in total. The molecule has 214 valence electrons. The number of nitrogens with one attached hydrogen (secondary N) is 1. The highest BCUT2D eigenvalue weighted by molar-refractivity contribution is 5.78. The molecule has 1 unspecified atom stereocenters. The minimum absolute atomic E-state index is 0.00446. The zero-order chi connectivity index (χ0) is 27.6. The van der Waals surface area contributed by atoms with Crippen LogP contribution < -0.4 is 10.2 Å². The third kappa shape index (κ3) is 5.41. The number of ether oxygens (including phenoxy) is 2. The maximum absolute atomic E-state index is 14.1. The quantitative estimate of drug-likeness (QED) is 0.424. The second-order valence-corrected chi connectivity index (χ2v) is 10.7. The first kappa shape index (κ1) is 26.7. The Hall–Kier alpha value is -3.54. The van der Waals surface area contributed by atoms with Crippen LogP contribution in [0.25, 0.3) is 16.9 Å². The number of amides is 1. The number of para-hydroxylation sites is 2. The second-order valence-electron chi connectivity index (χ2n) is 10.7. The Kier molecular flexibility index (Phi) is 7.68. The number of rotatable bonds is 8. The predicted octanol–water partition coefficient (Wildman–Crippen LogP) is 4.79. The van der Waals surface area contributed by atoms with Crippen LogP contribution in [0.3, 0.4) is 0 Å². The average Bonchev–Trinajstić information content (AvgIpc) is 3.57. The van der Waals surface area contributed by atoms with E-state index in [2.05, 4.69) is 15.2 Å². The van der Waals surface area contributed by atoms with Gasteiger partial charge in [0.25, 0.3) is 6.43 Å². The maximum Gasteiger partial charge on any atom is 0.410 e. The fourth-order valence-corrected chi connectivity index (χ4v) is 5.95. The highest BCUT2D eigenvalue weighted by atomic mass is 19.3. The van der Waals surface area contributed by atoms with Crippen molar-refractivity contribution in [2.45, 2.75) is 57.6 Å². The molecule has 0 spiro atoms. The van der Waals surface area contributed by atoms with Crippen molar-refractivity contribution in [1.29, 1.82) is 0 Å². The summed E-state index contributed by atoms with van der Waals surface area (Å²) in [5.41, 5.74) is 1.06. The number of hydrogen-bond donors (Lipinski definition) is 1. The summed E-state index contributed by atoms with van der Waals surface area (Å²) in [4.78, 5) is 29.9. The van der Waals surface area contributed by atoms with Crippen LogP contribution in [0.5, 0.6) is 0 Å². The molecule has 1 aromatic carbocycles. The third-order valence-corrected chi connectivity index (χ3v) is 8.21. The molecule has 2 aromatic heterocycles. The molecule has 0 bridgehead atoms. The first-order valence-corrected chi connectivity index (χ1v) is 14.2. The summed E-state index contributed by atoms with van der Waals surface area (Å²) < 4.78 is 40.6. The topological polar surface area (TPSA) is 97.6 Å². The van der Waals surface area contributed by atoms with Crippen molar-refractivity contribution in [3.05, 3.63) is 36.2 Å². The SMILES string of the molecule is CCC1CN(C2CCC(CNc3nc(N4CCOCC4)cc(-n4c(C(F)F)nc5ccccc54)n3)CC2)C(=O)O1. The van der Waals surface area contributed by atoms with E-state index in [0.717, 1.165) is 32.1 Å². The Balaban J connectivity index is 1.21. The van der Waals surface area contributed by atoms with Gasteiger partial charge >= 0.3 is 6.09 Å². The van der Waals surface area contributed by atoms with Crippen LogP contribution in [-0.4, -0.2) is 82.1 Å². The highest BCUT2D eigenvalue weighted by Gasteiger charge is 2.37. The number of alkyl halides is 2. The molecule has 1 atom stereocenters. The number of morpholine rings is 1. The lowest BCUT2D eigenvalue weighted by atomic mass is 9.85. The Morgan fingerprint density at radius 3 is 2.52 bits per heavy atom. The summed E-state index contributed by atoms with van der Waals surface area (Å²) in [6, 6.07) is 9.05. The van der Waals surface area contributed by atoms with E-state index in [9.17, 15) is 13.6 Å². The number of anilines is 2. The first-order chi connectivity index (χ1) is 19.5. The van der Waals surface area contributed by atoms with Crippen LogP contribution in [0.1, 0.15) is 51.3 Å². The molecule has 2 saturated heterocycles. The molecule has 1 amide bonds. The summed E-state index contributed by atoms with van der Waals surface area (Å²) in [6.45, 7) is 5.84. The second kappa shape index (κ2) is 11.5. The number of nitrogens with zero attached hydrogens (tertiary/aromatic N) is 6. The molecular formula is C28H35F2N7O3. The normalized spacial score (nSPS) is 23.7. The molecule has 12 heteroatoms. The monoisotopic (exact) mass is 555 g/mol. The van der Waals surface area contributed by atoms with E-state index >= 15 is 0 Å². The Morgan fingerprint density at radius 1 is 1.05 bits per heavy atom. The summed E-state index contributed by atoms with van der Waals surface area (Å²) in [5, 5.41) is 3.40. The number of fused-ring (bicyclic) bond motifs is 1. The number of carbonyl (C=O) groups is 1. The van der Waals surface area contributed by atoms with Gasteiger partial charge in [0, 0.05) is 31.7 Å². The van der Waals surface area contributed by atoms with E-state index in [4.69, 9.17) is 19.4 Å². The smallest absolute Gasteiger partial charge is 0.410 e. The fourth-order valence-electron chi connectivity index (χ4n) is 5.95. The van der Waals surface area contributed by atoms with E-state index in [1.54, 1.807) is 30.3 Å². The largest absolute Gasteiger partial charge is 0.444 e. The lowest BCUT2D eigenvalue weighted by Crippen LogP contribution is -2.40. The first-order valence-electron chi connectivity index (χ1n) is 14.2. The van der Waals surface area contributed by atoms with Gasteiger partial charge in [-0.2, -0.15) is 9.97 Å². The highest BCUT2D eigenvalue weighted by Crippen LogP contribution is 2.32. The number of imidazole rings is 1. The standard InChI is InChI=1S/C28H35F2N7O3/c1-2-20-17-36(28(38)40-20)19-9-7-18(8-10-19)16-31-27-33-23(35-11-13-39-14-12-35)15-24(34-27)37-22-6-4-3-5-21(22)32-26(37)25(29)30/h3-6,15,18-20,25H,2,7-14,16-17H2,1H3,(H,31,33,34). The fraction of sp³-hybridized carbons (Fsp3) is 0.571. The zero-order valence-electron chi connectivity index (χ0n) is 22.6. The summed E-state index contributed by atoms with van der Waals surface area (Å²) in [7, 11) is 0. The number of cyclic esters (lactones) is 1. The van der Waals surface area contributed by atoms with Gasteiger partial charge in [0.05, 0.1) is 30.8 Å². The number of carbonyl (C=O) groups excluding carboxylic acids is 1. The molecule has 6 rings (SSSR count). The summed E-state index contributed by atoms with van der Waals surface area (Å²) in [5.74, 6) is 1.46. The molecule has 0 radical (unpaired) electrons. The Labute approximate surface area is 231 Å². The Morgan fingerprint density at radius 2 is 1.80 bits per heavy atom. The van der Waals surface area contributed by atoms with Crippen LogP contribution in [0, 0.1) is 5.92 Å². The molecule has 3 aromatic rings. The van der Waals surface area contributed by atoms with Gasteiger partial charge in [-0.05, 0) is 50.2 Å². The lowest BCUT2D eigenvalue weighted by Gasteiger charge is -2.33. The van der Waals surface area contributed by atoms with Gasteiger partial charge < -0.3 is 24.6 Å². The number of benzene rings is 1. The third-order valence-electron chi connectivity index (χ3n) is 8.21. The van der Waals surface area contributed by atoms with Crippen molar-refractivity contribution in [3.63, 3.8) is 0 Å². The van der Waals surface area contributed by atoms with E-state index in [1.165, 1.54) is 4.57 Å². The zero-order valence-corrected chi connectivity index (χ0v) is 22.6. The van der Waals surface area contributed by atoms with Gasteiger partial charge in [-0.25, -0.2) is 18.6 Å². The van der Waals surface area contributed by atoms with E-state index in [1.807, 2.05) is 11.8 Å². The van der Waals surface area contributed by atoms with Crippen LogP contribution in [0.15, 0.2) is 30.3 Å². The molecule has 4 heterocycles. The molecule has 1 aliphatic carbocycles. The van der Waals surface area contributed by atoms with Gasteiger partial charge in [0.1, 0.15) is 17.7 Å². The van der Waals surface area contributed by atoms with Crippen LogP contribution in [-0.2, 0) is 9.47 Å². The van der Waals surface area contributed by atoms with Gasteiger partial charge in [0.2, 0.25) is 5.95 Å². The molecule has 3 aliphatic rings. The summed E-state index contributed by atoms with van der Waals surface area (Å²) >= 11 is 0. The van der Waals surface area contributed by atoms with Gasteiger partial charge in [-0.1, -0.05) is 19.1 Å². The van der Waals surface area contributed by atoms with Crippen molar-refractivity contribution >= 4 is 28.9 Å². The van der Waals surface area contributed by atoms with Gasteiger partial charge in [-0.3, -0.25) is 4.57 Å². The lowest BCUT2D eigenvalue weighted by molar-refractivity contribution is 0.120. The molecule has 3 fully saturated rings. The number of aromatic nitrogens is 4. The molecule has 1 N–H and O–H groups in total. The predicted molar refractivity (Wildman–Crippen MR) is 146 cm³/mol. The molecule has 2 aliphatic heterocycles. The molecule has 40 heavy (non-hydrogen) atoms. The van der Waals surface area contributed by atoms with Crippen molar-refractivity contribution in [1.82, 2.24) is 24.4 Å². The van der Waals surface area contributed by atoms with Crippen LogP contribution in [0.2, 0.25) is 0 Å². The number of hydrogen-bond acceptors (Lipinski definition) is 8. The van der Waals surface area contributed by atoms with E-state index in [0.29, 0.717) is 73.9 Å². The van der Waals surface area contributed by atoms with Crippen molar-refractivity contribution in [2.75, 3.05) is 49.6 Å².